The quantitative estimate of drug-likeness (QED) is 0.322. The molecule has 194 valence electrons. The number of pyridine rings is 1. The van der Waals surface area contributed by atoms with Gasteiger partial charge in [-0.2, -0.15) is 5.26 Å². The van der Waals surface area contributed by atoms with Crippen molar-refractivity contribution in [2.45, 2.75) is 46.2 Å². The molecule has 0 aliphatic carbocycles. The summed E-state index contributed by atoms with van der Waals surface area (Å²) in [4.78, 5) is 32.2. The molecule has 2 aliphatic rings. The van der Waals surface area contributed by atoms with Gasteiger partial charge in [-0.1, -0.05) is 25.4 Å². The molecule has 5 heterocycles. The Kier molecular flexibility index (Phi) is 6.06. The highest BCUT2D eigenvalue weighted by Gasteiger charge is 2.44. The van der Waals surface area contributed by atoms with Crippen molar-refractivity contribution in [3.8, 4) is 17.2 Å². The van der Waals surface area contributed by atoms with Crippen LogP contribution < -0.4 is 5.32 Å². The summed E-state index contributed by atoms with van der Waals surface area (Å²) < 4.78 is 3.17. The number of thiophene rings is 1. The third kappa shape index (κ3) is 4.19. The van der Waals surface area contributed by atoms with E-state index in [9.17, 15) is 14.9 Å². The summed E-state index contributed by atoms with van der Waals surface area (Å²) in [5, 5.41) is 15.1. The molecule has 4 aromatic rings. The summed E-state index contributed by atoms with van der Waals surface area (Å²) in [6.45, 7) is 6.18. The van der Waals surface area contributed by atoms with Gasteiger partial charge in [0.2, 0.25) is 11.8 Å². The highest BCUT2D eigenvalue weighted by atomic mass is 35.5. The van der Waals surface area contributed by atoms with Crippen LogP contribution in [0.5, 0.6) is 0 Å². The van der Waals surface area contributed by atoms with Crippen molar-refractivity contribution in [2.75, 3.05) is 13.1 Å². The van der Waals surface area contributed by atoms with E-state index in [1.807, 2.05) is 38.1 Å². The maximum absolute atomic E-state index is 12.8. The Morgan fingerprint density at radius 1 is 1.16 bits per heavy atom. The standard InChI is InChI=1S/C29H28ClN5O2S/c1-28(2)14-24(36)35(27(28)37)15-20-13-23-26(38-20)21(3-7-33-23)22-12-19(30)11-18-4-10-34(25(18)22)17-29(16-31)5-8-32-9-6-29/h3-4,7,10-13,32H,5-6,8-9,14-15,17H2,1-2H3. The first kappa shape index (κ1) is 25.1. The first-order chi connectivity index (χ1) is 18.2. The molecule has 2 fully saturated rings. The maximum atomic E-state index is 12.8. The molecule has 3 aromatic heterocycles. The van der Waals surface area contributed by atoms with Crippen molar-refractivity contribution in [1.82, 2.24) is 19.8 Å². The summed E-state index contributed by atoms with van der Waals surface area (Å²) in [6.07, 6.45) is 5.69. The molecule has 1 N–H and O–H groups in total. The van der Waals surface area contributed by atoms with E-state index in [-0.39, 0.29) is 24.8 Å². The third-order valence-electron chi connectivity index (χ3n) is 7.88. The molecule has 7 nitrogen and oxygen atoms in total. The van der Waals surface area contributed by atoms with Gasteiger partial charge in [0.05, 0.1) is 39.2 Å². The summed E-state index contributed by atoms with van der Waals surface area (Å²) in [6, 6.07) is 12.6. The van der Waals surface area contributed by atoms with E-state index in [0.29, 0.717) is 11.6 Å². The molecule has 9 heteroatoms. The number of amides is 2. The lowest BCUT2D eigenvalue weighted by molar-refractivity contribution is -0.141. The Hall–Kier alpha value is -3.25. The number of nitriles is 1. The minimum Gasteiger partial charge on any atom is -0.345 e. The van der Waals surface area contributed by atoms with Gasteiger partial charge in [0.15, 0.2) is 0 Å². The molecule has 38 heavy (non-hydrogen) atoms. The van der Waals surface area contributed by atoms with E-state index < -0.39 is 10.8 Å². The number of hydrogen-bond acceptors (Lipinski definition) is 6. The molecule has 1 aromatic carbocycles. The highest BCUT2D eigenvalue weighted by Crippen LogP contribution is 2.41. The van der Waals surface area contributed by atoms with Gasteiger partial charge in [0, 0.05) is 51.8 Å². The number of nitrogens with one attached hydrogen (secondary N) is 1. The lowest BCUT2D eigenvalue weighted by Gasteiger charge is -2.32. The van der Waals surface area contributed by atoms with Crippen molar-refractivity contribution in [2.24, 2.45) is 10.8 Å². The summed E-state index contributed by atoms with van der Waals surface area (Å²) in [7, 11) is 0. The molecule has 0 radical (unpaired) electrons. The number of aromatic nitrogens is 2. The number of hydrogen-bond donors (Lipinski definition) is 1. The number of likely N-dealkylation sites (tertiary alicyclic amines) is 1. The first-order valence-electron chi connectivity index (χ1n) is 12.8. The Morgan fingerprint density at radius 2 is 1.95 bits per heavy atom. The van der Waals surface area contributed by atoms with Crippen LogP contribution in [0, 0.1) is 22.2 Å². The number of piperidine rings is 1. The van der Waals surface area contributed by atoms with Crippen LogP contribution in [0.25, 0.3) is 32.2 Å². The van der Waals surface area contributed by atoms with Crippen LogP contribution in [0.3, 0.4) is 0 Å². The fourth-order valence-corrected chi connectivity index (χ4v) is 7.16. The minimum absolute atomic E-state index is 0.133. The Morgan fingerprint density at radius 3 is 2.66 bits per heavy atom. The van der Waals surface area contributed by atoms with Gasteiger partial charge < -0.3 is 9.88 Å². The summed E-state index contributed by atoms with van der Waals surface area (Å²) in [5.41, 5.74) is 2.75. The number of carbonyl (C=O) groups is 2. The maximum Gasteiger partial charge on any atom is 0.235 e. The Labute approximate surface area is 230 Å². The van der Waals surface area contributed by atoms with Crippen molar-refractivity contribution >= 4 is 55.9 Å². The number of nitrogens with zero attached hydrogens (tertiary/aromatic N) is 4. The van der Waals surface area contributed by atoms with Gasteiger partial charge in [0.1, 0.15) is 0 Å². The number of rotatable bonds is 5. The predicted molar refractivity (Wildman–Crippen MR) is 150 cm³/mol. The molecule has 2 amide bonds. The number of fused-ring (bicyclic) bond motifs is 2. The number of imide groups is 1. The lowest BCUT2D eigenvalue weighted by Crippen LogP contribution is -2.38. The van der Waals surface area contributed by atoms with E-state index >= 15 is 0 Å². The van der Waals surface area contributed by atoms with Crippen molar-refractivity contribution in [1.29, 1.82) is 5.26 Å². The van der Waals surface area contributed by atoms with Gasteiger partial charge in [-0.05, 0) is 56.3 Å². The van der Waals surface area contributed by atoms with Crippen LogP contribution in [-0.2, 0) is 22.7 Å². The zero-order valence-corrected chi connectivity index (χ0v) is 23.0. The van der Waals surface area contributed by atoms with Gasteiger partial charge in [-0.25, -0.2) is 0 Å². The summed E-state index contributed by atoms with van der Waals surface area (Å²) in [5.74, 6) is -0.267. The van der Waals surface area contributed by atoms with Crippen LogP contribution in [0.4, 0.5) is 0 Å². The zero-order chi connectivity index (χ0) is 26.7. The smallest absolute Gasteiger partial charge is 0.235 e. The fourth-order valence-electron chi connectivity index (χ4n) is 5.81. The molecule has 0 bridgehead atoms. The second-order valence-electron chi connectivity index (χ2n) is 11.1. The first-order valence-corrected chi connectivity index (χ1v) is 14.0. The van der Waals surface area contributed by atoms with Gasteiger partial charge >= 0.3 is 0 Å². The molecule has 0 atom stereocenters. The van der Waals surface area contributed by atoms with Crippen molar-refractivity contribution in [3.05, 3.63) is 52.6 Å². The average molecular weight is 546 g/mol. The molecular weight excluding hydrogens is 518 g/mol. The number of carbonyl (C=O) groups excluding carboxylic acids is 2. The number of halogens is 1. The molecule has 0 unspecified atom stereocenters. The van der Waals surface area contributed by atoms with Crippen LogP contribution in [0.1, 0.15) is 38.0 Å². The zero-order valence-electron chi connectivity index (χ0n) is 21.4. The Balaban J connectivity index is 1.43. The molecule has 0 spiro atoms. The predicted octanol–water partition coefficient (Wildman–Crippen LogP) is 5.75. The highest BCUT2D eigenvalue weighted by molar-refractivity contribution is 7.19. The monoisotopic (exact) mass is 545 g/mol. The van der Waals surface area contributed by atoms with E-state index in [1.54, 1.807) is 17.5 Å². The van der Waals surface area contributed by atoms with Crippen LogP contribution in [-0.4, -0.2) is 39.4 Å². The topological polar surface area (TPSA) is 91.0 Å². The normalized spacial score (nSPS) is 18.9. The number of benzene rings is 1. The van der Waals surface area contributed by atoms with E-state index in [1.165, 1.54) is 4.90 Å². The molecular formula is C29H28ClN5O2S. The minimum atomic E-state index is -0.663. The van der Waals surface area contributed by atoms with Gasteiger partial charge in [-0.3, -0.25) is 19.5 Å². The fraction of sp³-hybridized carbons (Fsp3) is 0.379. The van der Waals surface area contributed by atoms with Gasteiger partial charge in [-0.15, -0.1) is 11.3 Å². The third-order valence-corrected chi connectivity index (χ3v) is 9.24. The van der Waals surface area contributed by atoms with Gasteiger partial charge in [0.25, 0.3) is 0 Å². The van der Waals surface area contributed by atoms with Crippen molar-refractivity contribution in [3.63, 3.8) is 0 Å². The molecule has 6 rings (SSSR count). The summed E-state index contributed by atoms with van der Waals surface area (Å²) >= 11 is 8.14. The lowest BCUT2D eigenvalue weighted by atomic mass is 9.80. The molecule has 2 saturated heterocycles. The van der Waals surface area contributed by atoms with Crippen LogP contribution in [0.2, 0.25) is 5.02 Å². The largest absolute Gasteiger partial charge is 0.345 e. The van der Waals surface area contributed by atoms with Crippen LogP contribution in [0.15, 0.2) is 42.7 Å². The molecule has 0 saturated carbocycles. The van der Waals surface area contributed by atoms with Crippen LogP contribution >= 0.6 is 22.9 Å². The van der Waals surface area contributed by atoms with E-state index in [0.717, 1.165) is 63.1 Å². The second kappa shape index (κ2) is 9.19. The van der Waals surface area contributed by atoms with E-state index in [4.69, 9.17) is 11.6 Å². The SMILES string of the molecule is CC1(C)CC(=O)N(Cc2cc3nccc(-c4cc(Cl)cc5ccn(CC6(C#N)CCNCC6)c45)c3s2)C1=O. The van der Waals surface area contributed by atoms with Crippen molar-refractivity contribution < 1.29 is 9.59 Å². The molecule has 2 aliphatic heterocycles. The Bertz CT molecular complexity index is 1640. The average Bonchev–Trinajstić information content (AvgIpc) is 3.54. The second-order valence-corrected chi connectivity index (χ2v) is 12.7. The van der Waals surface area contributed by atoms with E-state index in [2.05, 4.69) is 33.2 Å².